The number of alkyl halides is 3. The first-order valence-electron chi connectivity index (χ1n) is 3.22. The van der Waals surface area contributed by atoms with Gasteiger partial charge in [-0.05, 0) is 0 Å². The summed E-state index contributed by atoms with van der Waals surface area (Å²) >= 11 is 0. The molecule has 1 atom stereocenters. The second kappa shape index (κ2) is 5.79. The Balaban J connectivity index is 0.00000144. The Bertz CT molecular complexity index is 247. The molecule has 1 nitrogen and oxygen atoms in total. The van der Waals surface area contributed by atoms with Crippen molar-refractivity contribution in [2.45, 2.75) is 12.3 Å². The minimum atomic E-state index is -4.60. The van der Waals surface area contributed by atoms with Gasteiger partial charge in [0, 0.05) is 0 Å². The van der Waals surface area contributed by atoms with Gasteiger partial charge in [-0.15, -0.1) is 5.56 Å². The molecule has 1 aromatic carbocycles. The molecule has 0 saturated heterocycles. The van der Waals surface area contributed by atoms with Crippen LogP contribution in [0.15, 0.2) is 24.3 Å². The average molecular weight is 308 g/mol. The zero-order valence-electron chi connectivity index (χ0n) is 6.97. The van der Waals surface area contributed by atoms with E-state index in [0.717, 1.165) is 6.07 Å². The molecule has 0 fully saturated rings. The maximum absolute atomic E-state index is 11.9. The molecule has 0 amide bonds. The maximum atomic E-state index is 11.9. The van der Waals surface area contributed by atoms with E-state index in [1.807, 2.05) is 0 Å². The Morgan fingerprint density at radius 1 is 1.38 bits per heavy atom. The summed E-state index contributed by atoms with van der Waals surface area (Å²) in [7, 11) is 0. The van der Waals surface area contributed by atoms with Crippen LogP contribution in [0, 0.1) is 6.07 Å². The van der Waals surface area contributed by atoms with Crippen molar-refractivity contribution < 1.29 is 87.2 Å². The van der Waals surface area contributed by atoms with Crippen molar-refractivity contribution in [3.63, 3.8) is 0 Å². The summed E-state index contributed by atoms with van der Waals surface area (Å²) in [5.74, 6) is 0. The van der Waals surface area contributed by atoms with Crippen molar-refractivity contribution in [1.82, 2.24) is 0 Å². The third-order valence-corrected chi connectivity index (χ3v) is 1.36. The van der Waals surface area contributed by atoms with Crippen LogP contribution in [0.1, 0.15) is 11.7 Å². The fourth-order valence-electron chi connectivity index (χ4n) is 0.766. The fourth-order valence-corrected chi connectivity index (χ4v) is 0.766. The van der Waals surface area contributed by atoms with E-state index in [9.17, 15) is 13.2 Å². The molecule has 0 aromatic heterocycles. The molecule has 1 unspecified atom stereocenters. The summed E-state index contributed by atoms with van der Waals surface area (Å²) < 4.78 is 35.6. The van der Waals surface area contributed by atoms with Crippen LogP contribution in [0.4, 0.5) is 13.2 Å². The van der Waals surface area contributed by atoms with E-state index in [-0.39, 0.29) is 74.5 Å². The Kier molecular flexibility index (Phi) is 6.25. The van der Waals surface area contributed by atoms with E-state index in [1.54, 1.807) is 0 Å². The molecule has 66 valence electrons. The standard InChI is InChI=1S/C8H6F3O.Cs/c9-8(10,11)7(12)6-4-2-1-3-5-6;/h1-2,4-5,7,12H;/q-1;+1. The Hall–Kier alpha value is 1.02. The van der Waals surface area contributed by atoms with Gasteiger partial charge in [-0.3, -0.25) is 0 Å². The normalized spacial score (nSPS) is 13.2. The van der Waals surface area contributed by atoms with Crippen molar-refractivity contribution in [2.24, 2.45) is 0 Å². The molecule has 0 aliphatic rings. The van der Waals surface area contributed by atoms with Crippen LogP contribution in [0.2, 0.25) is 0 Å². The molecule has 5 heteroatoms. The summed E-state index contributed by atoms with van der Waals surface area (Å²) in [6.07, 6.45) is -7.01. The first-order chi connectivity index (χ1) is 5.52. The van der Waals surface area contributed by atoms with Gasteiger partial charge < -0.3 is 5.11 Å². The maximum Gasteiger partial charge on any atom is 1.00 e. The van der Waals surface area contributed by atoms with Gasteiger partial charge in [-0.25, -0.2) is 0 Å². The second-order valence-electron chi connectivity index (χ2n) is 2.28. The van der Waals surface area contributed by atoms with Gasteiger partial charge in [-0.2, -0.15) is 43.5 Å². The number of hydrogen-bond donors (Lipinski definition) is 1. The summed E-state index contributed by atoms with van der Waals surface area (Å²) in [6, 6.07) is 7.62. The van der Waals surface area contributed by atoms with Gasteiger partial charge in [0.1, 0.15) is 6.10 Å². The van der Waals surface area contributed by atoms with Crippen molar-refractivity contribution in [1.29, 1.82) is 0 Å². The van der Waals surface area contributed by atoms with Crippen LogP contribution in [0.3, 0.4) is 0 Å². The van der Waals surface area contributed by atoms with E-state index in [2.05, 4.69) is 6.07 Å². The summed E-state index contributed by atoms with van der Waals surface area (Å²) in [5, 5.41) is 8.71. The number of hydrogen-bond acceptors (Lipinski definition) is 1. The molecule has 0 aliphatic carbocycles. The van der Waals surface area contributed by atoms with Crippen LogP contribution < -0.4 is 68.9 Å². The van der Waals surface area contributed by atoms with Crippen LogP contribution in [-0.2, 0) is 0 Å². The largest absolute Gasteiger partial charge is 1.00 e. The minimum absolute atomic E-state index is 0. The van der Waals surface area contributed by atoms with Gasteiger partial charge in [0.2, 0.25) is 0 Å². The Morgan fingerprint density at radius 2 is 2.00 bits per heavy atom. The molecule has 1 aromatic rings. The van der Waals surface area contributed by atoms with Gasteiger partial charge >= 0.3 is 75.1 Å². The number of halogens is 3. The summed E-state index contributed by atoms with van der Waals surface area (Å²) in [6.45, 7) is 0. The first kappa shape index (κ1) is 14.0. The van der Waals surface area contributed by atoms with E-state index in [0.29, 0.717) is 0 Å². The average Bonchev–Trinajstić information content (AvgIpc) is 2.03. The van der Waals surface area contributed by atoms with Crippen molar-refractivity contribution >= 4 is 0 Å². The molecule has 0 radical (unpaired) electrons. The van der Waals surface area contributed by atoms with Gasteiger partial charge in [0.15, 0.2) is 0 Å². The Labute approximate surface area is 133 Å². The number of rotatable bonds is 1. The molecule has 13 heavy (non-hydrogen) atoms. The topological polar surface area (TPSA) is 20.2 Å². The molecule has 0 bridgehead atoms. The fraction of sp³-hybridized carbons (Fsp3) is 0.250. The van der Waals surface area contributed by atoms with Crippen LogP contribution >= 0.6 is 0 Å². The van der Waals surface area contributed by atoms with E-state index < -0.39 is 12.3 Å². The van der Waals surface area contributed by atoms with Crippen molar-refractivity contribution in [2.75, 3.05) is 0 Å². The third kappa shape index (κ3) is 4.37. The molecule has 0 heterocycles. The van der Waals surface area contributed by atoms with Gasteiger partial charge in [0.05, 0.1) is 0 Å². The van der Waals surface area contributed by atoms with Gasteiger partial charge in [-0.1, -0.05) is 0 Å². The SMILES string of the molecule is OC(c1c[c-]ccc1)C(F)(F)F.[Cs+]. The Morgan fingerprint density at radius 3 is 2.38 bits per heavy atom. The molecular formula is C8H6CsF3O. The quantitative estimate of drug-likeness (QED) is 0.666. The van der Waals surface area contributed by atoms with Crippen LogP contribution in [0.25, 0.3) is 0 Å². The number of benzene rings is 1. The zero-order valence-corrected chi connectivity index (χ0v) is 13.2. The molecule has 1 N–H and O–H groups in total. The molecule has 0 spiro atoms. The first-order valence-corrected chi connectivity index (χ1v) is 3.22. The predicted octanol–water partition coefficient (Wildman–Crippen LogP) is -0.914. The monoisotopic (exact) mass is 308 g/mol. The van der Waals surface area contributed by atoms with E-state index >= 15 is 0 Å². The number of aliphatic hydroxyl groups excluding tert-OH is 1. The van der Waals surface area contributed by atoms with Crippen molar-refractivity contribution in [3.8, 4) is 0 Å². The molecular weight excluding hydrogens is 302 g/mol. The smallest absolute Gasteiger partial charge is 0.391 e. The van der Waals surface area contributed by atoms with E-state index in [4.69, 9.17) is 5.11 Å². The zero-order chi connectivity index (χ0) is 9.19. The summed E-state index contributed by atoms with van der Waals surface area (Å²) in [5.41, 5.74) is -0.190. The van der Waals surface area contributed by atoms with Crippen molar-refractivity contribution in [3.05, 3.63) is 35.9 Å². The molecule has 0 aliphatic heterocycles. The van der Waals surface area contributed by atoms with Crippen LogP contribution in [0.5, 0.6) is 0 Å². The number of aliphatic hydroxyl groups is 1. The molecule has 0 saturated carbocycles. The van der Waals surface area contributed by atoms with Crippen LogP contribution in [-0.4, -0.2) is 11.3 Å². The van der Waals surface area contributed by atoms with Gasteiger partial charge in [0.25, 0.3) is 0 Å². The second-order valence-corrected chi connectivity index (χ2v) is 2.28. The summed E-state index contributed by atoms with van der Waals surface area (Å²) in [4.78, 5) is 0. The third-order valence-electron chi connectivity index (χ3n) is 1.36. The molecule has 1 rings (SSSR count). The van der Waals surface area contributed by atoms with E-state index in [1.165, 1.54) is 18.2 Å². The minimum Gasteiger partial charge on any atom is -0.391 e. The predicted molar refractivity (Wildman–Crippen MR) is 36.3 cm³/mol.